The number of urea groups is 1. The minimum Gasteiger partial charge on any atom is -0.353 e. The average Bonchev–Trinajstić information content (AvgIpc) is 2.46. The van der Waals surface area contributed by atoms with Gasteiger partial charge < -0.3 is 15.5 Å². The largest absolute Gasteiger partial charge is 0.353 e. The summed E-state index contributed by atoms with van der Waals surface area (Å²) >= 11 is 0. The number of hydrogen-bond acceptors (Lipinski definition) is 2. The van der Waals surface area contributed by atoms with Crippen LogP contribution in [-0.4, -0.2) is 36.0 Å². The van der Waals surface area contributed by atoms with Crippen LogP contribution in [0.15, 0.2) is 24.3 Å². The standard InChI is InChI=1S/C18H27N3O2/c1-12(2)15-16(22)19-10-11-21(15)17(23)20-14-9-7-6-8-13(14)18(3,4)5/h6-9,12,15H,10-11H2,1-5H3,(H,19,22)(H,20,23)/t15-/m0/s1. The van der Waals surface area contributed by atoms with Gasteiger partial charge in [-0.3, -0.25) is 4.79 Å². The van der Waals surface area contributed by atoms with Gasteiger partial charge in [0.1, 0.15) is 6.04 Å². The molecule has 1 aromatic rings. The molecule has 0 unspecified atom stereocenters. The number of carbonyl (C=O) groups excluding carboxylic acids is 2. The summed E-state index contributed by atoms with van der Waals surface area (Å²) in [5.41, 5.74) is 1.81. The minimum absolute atomic E-state index is 0.0684. The highest BCUT2D eigenvalue weighted by atomic mass is 16.2. The molecule has 1 aliphatic rings. The fourth-order valence-electron chi connectivity index (χ4n) is 3.01. The van der Waals surface area contributed by atoms with E-state index in [1.54, 1.807) is 4.90 Å². The monoisotopic (exact) mass is 317 g/mol. The number of nitrogens with zero attached hydrogens (tertiary/aromatic N) is 1. The number of para-hydroxylation sites is 1. The number of nitrogens with one attached hydrogen (secondary N) is 2. The van der Waals surface area contributed by atoms with Crippen molar-refractivity contribution in [2.75, 3.05) is 18.4 Å². The Hall–Kier alpha value is -2.04. The molecule has 1 atom stereocenters. The van der Waals surface area contributed by atoms with Gasteiger partial charge in [0.05, 0.1) is 0 Å². The molecule has 126 valence electrons. The summed E-state index contributed by atoms with van der Waals surface area (Å²) in [5, 5.41) is 5.84. The van der Waals surface area contributed by atoms with Crippen LogP contribution in [0.25, 0.3) is 0 Å². The number of anilines is 1. The molecule has 5 nitrogen and oxygen atoms in total. The Balaban J connectivity index is 2.23. The maximum Gasteiger partial charge on any atom is 0.322 e. The van der Waals surface area contributed by atoms with E-state index >= 15 is 0 Å². The molecule has 5 heteroatoms. The lowest BCUT2D eigenvalue weighted by Gasteiger charge is -2.37. The van der Waals surface area contributed by atoms with Gasteiger partial charge in [0, 0.05) is 18.8 Å². The normalized spacial score (nSPS) is 18.8. The van der Waals surface area contributed by atoms with Gasteiger partial charge >= 0.3 is 6.03 Å². The second-order valence-electron chi connectivity index (χ2n) is 7.40. The first kappa shape index (κ1) is 17.3. The number of carbonyl (C=O) groups is 2. The van der Waals surface area contributed by atoms with Gasteiger partial charge in [0.2, 0.25) is 5.91 Å². The first-order chi connectivity index (χ1) is 10.7. The molecule has 0 saturated carbocycles. The van der Waals surface area contributed by atoms with E-state index in [-0.39, 0.29) is 23.3 Å². The van der Waals surface area contributed by atoms with E-state index in [4.69, 9.17) is 0 Å². The zero-order valence-corrected chi connectivity index (χ0v) is 14.6. The van der Waals surface area contributed by atoms with E-state index in [2.05, 4.69) is 31.4 Å². The van der Waals surface area contributed by atoms with Crippen LogP contribution in [0.5, 0.6) is 0 Å². The number of rotatable bonds is 2. The molecule has 1 aromatic carbocycles. The summed E-state index contributed by atoms with van der Waals surface area (Å²) in [4.78, 5) is 26.5. The van der Waals surface area contributed by atoms with Crippen molar-refractivity contribution in [3.8, 4) is 0 Å². The summed E-state index contributed by atoms with van der Waals surface area (Å²) < 4.78 is 0. The third-order valence-electron chi connectivity index (χ3n) is 4.13. The summed E-state index contributed by atoms with van der Waals surface area (Å²) in [5.74, 6) is -0.00980. The number of piperazine rings is 1. The van der Waals surface area contributed by atoms with Crippen LogP contribution < -0.4 is 10.6 Å². The Morgan fingerprint density at radius 3 is 2.57 bits per heavy atom. The van der Waals surface area contributed by atoms with Crippen LogP contribution >= 0.6 is 0 Å². The van der Waals surface area contributed by atoms with Crippen LogP contribution in [0.4, 0.5) is 10.5 Å². The van der Waals surface area contributed by atoms with Crippen LogP contribution in [-0.2, 0) is 10.2 Å². The number of amides is 3. The Labute approximate surface area is 138 Å². The first-order valence-electron chi connectivity index (χ1n) is 8.16. The van der Waals surface area contributed by atoms with Crippen molar-refractivity contribution in [1.29, 1.82) is 0 Å². The molecule has 0 radical (unpaired) electrons. The van der Waals surface area contributed by atoms with Gasteiger partial charge in [-0.25, -0.2) is 4.79 Å². The van der Waals surface area contributed by atoms with E-state index in [0.717, 1.165) is 11.3 Å². The molecule has 0 spiro atoms. The lowest BCUT2D eigenvalue weighted by atomic mass is 9.86. The molecule has 1 aliphatic heterocycles. The fourth-order valence-corrected chi connectivity index (χ4v) is 3.01. The summed E-state index contributed by atoms with van der Waals surface area (Å²) in [6.45, 7) is 11.3. The van der Waals surface area contributed by atoms with Crippen molar-refractivity contribution in [3.63, 3.8) is 0 Å². The van der Waals surface area contributed by atoms with Crippen molar-refractivity contribution in [3.05, 3.63) is 29.8 Å². The van der Waals surface area contributed by atoms with Crippen molar-refractivity contribution >= 4 is 17.6 Å². The van der Waals surface area contributed by atoms with Gasteiger partial charge in [0.15, 0.2) is 0 Å². The van der Waals surface area contributed by atoms with Gasteiger partial charge in [-0.2, -0.15) is 0 Å². The second kappa shape index (κ2) is 6.60. The smallest absolute Gasteiger partial charge is 0.322 e. The third kappa shape index (κ3) is 3.84. The second-order valence-corrected chi connectivity index (χ2v) is 7.40. The fraction of sp³-hybridized carbons (Fsp3) is 0.556. The Kier molecular flexibility index (Phi) is 4.97. The minimum atomic E-state index is -0.425. The zero-order chi connectivity index (χ0) is 17.2. The van der Waals surface area contributed by atoms with Crippen LogP contribution in [0.1, 0.15) is 40.2 Å². The van der Waals surface area contributed by atoms with Crippen LogP contribution in [0.2, 0.25) is 0 Å². The topological polar surface area (TPSA) is 61.4 Å². The molecule has 1 fully saturated rings. The van der Waals surface area contributed by atoms with Crippen molar-refractivity contribution in [2.24, 2.45) is 5.92 Å². The highest BCUT2D eigenvalue weighted by molar-refractivity contribution is 5.95. The highest BCUT2D eigenvalue weighted by Crippen LogP contribution is 2.29. The maximum absolute atomic E-state index is 12.7. The Morgan fingerprint density at radius 2 is 1.96 bits per heavy atom. The molecule has 2 rings (SSSR count). The first-order valence-corrected chi connectivity index (χ1v) is 8.16. The quantitative estimate of drug-likeness (QED) is 0.881. The molecular formula is C18H27N3O2. The van der Waals surface area contributed by atoms with Crippen LogP contribution in [0.3, 0.4) is 0 Å². The molecule has 3 amide bonds. The summed E-state index contributed by atoms with van der Waals surface area (Å²) in [6.07, 6.45) is 0. The van der Waals surface area contributed by atoms with Gasteiger partial charge in [-0.15, -0.1) is 0 Å². The van der Waals surface area contributed by atoms with Crippen molar-refractivity contribution < 1.29 is 9.59 Å². The maximum atomic E-state index is 12.7. The van der Waals surface area contributed by atoms with E-state index < -0.39 is 6.04 Å². The van der Waals surface area contributed by atoms with Crippen LogP contribution in [0, 0.1) is 5.92 Å². The Bertz CT molecular complexity index is 590. The predicted molar refractivity (Wildman–Crippen MR) is 92.5 cm³/mol. The van der Waals surface area contributed by atoms with E-state index in [0.29, 0.717) is 13.1 Å². The van der Waals surface area contributed by atoms with Crippen molar-refractivity contribution in [2.45, 2.75) is 46.1 Å². The number of benzene rings is 1. The zero-order valence-electron chi connectivity index (χ0n) is 14.6. The SMILES string of the molecule is CC(C)[C@H]1C(=O)NCCN1C(=O)Nc1ccccc1C(C)(C)C. The molecule has 0 aromatic heterocycles. The van der Waals surface area contributed by atoms with Gasteiger partial charge in [-0.05, 0) is 23.0 Å². The van der Waals surface area contributed by atoms with E-state index in [1.807, 2.05) is 38.1 Å². The third-order valence-corrected chi connectivity index (χ3v) is 4.13. The van der Waals surface area contributed by atoms with Gasteiger partial charge in [0.25, 0.3) is 0 Å². The molecule has 2 N–H and O–H groups in total. The van der Waals surface area contributed by atoms with E-state index in [9.17, 15) is 9.59 Å². The molecule has 23 heavy (non-hydrogen) atoms. The van der Waals surface area contributed by atoms with Crippen molar-refractivity contribution in [1.82, 2.24) is 10.2 Å². The Morgan fingerprint density at radius 1 is 1.30 bits per heavy atom. The summed E-state index contributed by atoms with van der Waals surface area (Å²) in [7, 11) is 0. The van der Waals surface area contributed by atoms with E-state index in [1.165, 1.54) is 0 Å². The predicted octanol–water partition coefficient (Wildman–Crippen LogP) is 2.97. The van der Waals surface area contributed by atoms with Gasteiger partial charge in [-0.1, -0.05) is 52.8 Å². The molecule has 0 aliphatic carbocycles. The lowest BCUT2D eigenvalue weighted by molar-refractivity contribution is -0.129. The molecule has 0 bridgehead atoms. The molecule has 1 heterocycles. The molecular weight excluding hydrogens is 290 g/mol. The highest BCUT2D eigenvalue weighted by Gasteiger charge is 2.35. The molecule has 1 saturated heterocycles. The average molecular weight is 317 g/mol. The lowest BCUT2D eigenvalue weighted by Crippen LogP contribution is -2.60. The summed E-state index contributed by atoms with van der Waals surface area (Å²) in [6, 6.07) is 7.18. The number of hydrogen-bond donors (Lipinski definition) is 2.